The molecule has 17 heavy (non-hydrogen) atoms. The first-order valence-electron chi connectivity index (χ1n) is 6.33. The lowest BCUT2D eigenvalue weighted by Crippen LogP contribution is -2.60. The van der Waals surface area contributed by atoms with Crippen LogP contribution in [0.4, 0.5) is 8.78 Å². The Hall–Kier alpha value is -0.710. The highest BCUT2D eigenvalue weighted by atomic mass is 19.3. The third-order valence-electron chi connectivity index (χ3n) is 3.82. The summed E-state index contributed by atoms with van der Waals surface area (Å²) in [4.78, 5) is 15.9. The van der Waals surface area contributed by atoms with Crippen molar-refractivity contribution in [3.8, 4) is 0 Å². The van der Waals surface area contributed by atoms with E-state index in [1.165, 1.54) is 0 Å². The number of rotatable bonds is 2. The Morgan fingerprint density at radius 2 is 1.82 bits per heavy atom. The van der Waals surface area contributed by atoms with Crippen LogP contribution in [0.5, 0.6) is 0 Å². The molecule has 0 aromatic rings. The molecule has 1 amide bonds. The van der Waals surface area contributed by atoms with E-state index in [1.54, 1.807) is 4.90 Å². The number of hydrogen-bond acceptors (Lipinski definition) is 2. The fraction of sp³-hybridized carbons (Fsp3) is 0.917. The Kier molecular flexibility index (Phi) is 3.39. The summed E-state index contributed by atoms with van der Waals surface area (Å²) in [7, 11) is 0. The number of piperidine rings is 1. The van der Waals surface area contributed by atoms with Gasteiger partial charge in [-0.05, 0) is 20.3 Å². The van der Waals surface area contributed by atoms with Gasteiger partial charge in [0.1, 0.15) is 0 Å². The minimum Gasteiger partial charge on any atom is -0.341 e. The third-order valence-corrected chi connectivity index (χ3v) is 3.82. The number of alkyl halides is 2. The molecule has 0 N–H and O–H groups in total. The van der Waals surface area contributed by atoms with Gasteiger partial charge in [-0.15, -0.1) is 0 Å². The van der Waals surface area contributed by atoms with Crippen LogP contribution in [0.15, 0.2) is 0 Å². The lowest BCUT2D eigenvalue weighted by Gasteiger charge is -2.45. The summed E-state index contributed by atoms with van der Waals surface area (Å²) in [5.41, 5.74) is 0. The van der Waals surface area contributed by atoms with E-state index in [1.807, 2.05) is 0 Å². The number of hydrogen-bond donors (Lipinski definition) is 0. The number of nitrogens with zero attached hydrogens (tertiary/aromatic N) is 2. The molecular formula is C12H20F2N2O. The van der Waals surface area contributed by atoms with Crippen molar-refractivity contribution in [3.05, 3.63) is 0 Å². The zero-order valence-corrected chi connectivity index (χ0v) is 10.5. The van der Waals surface area contributed by atoms with Crippen molar-refractivity contribution in [1.29, 1.82) is 0 Å². The summed E-state index contributed by atoms with van der Waals surface area (Å²) in [6, 6.07) is 0.283. The molecule has 0 saturated carbocycles. The Labute approximate surface area is 101 Å². The number of likely N-dealkylation sites (tertiary alicyclic amines) is 2. The number of carbonyl (C=O) groups is 1. The molecule has 0 bridgehead atoms. The molecule has 0 radical (unpaired) electrons. The number of halogens is 2. The van der Waals surface area contributed by atoms with Gasteiger partial charge in [-0.1, -0.05) is 0 Å². The summed E-state index contributed by atoms with van der Waals surface area (Å²) in [6.45, 7) is 5.47. The lowest BCUT2D eigenvalue weighted by molar-refractivity contribution is -0.148. The Bertz CT molecular complexity index is 297. The van der Waals surface area contributed by atoms with Gasteiger partial charge in [-0.2, -0.15) is 0 Å². The van der Waals surface area contributed by atoms with E-state index in [4.69, 9.17) is 0 Å². The van der Waals surface area contributed by atoms with Crippen molar-refractivity contribution < 1.29 is 13.6 Å². The molecule has 0 spiro atoms. The van der Waals surface area contributed by atoms with Crippen LogP contribution in [0.3, 0.4) is 0 Å². The van der Waals surface area contributed by atoms with Crippen molar-refractivity contribution in [2.75, 3.05) is 19.6 Å². The van der Waals surface area contributed by atoms with Gasteiger partial charge in [0.25, 0.3) is 5.92 Å². The van der Waals surface area contributed by atoms with Crippen LogP contribution in [0.2, 0.25) is 0 Å². The van der Waals surface area contributed by atoms with E-state index in [0.29, 0.717) is 6.04 Å². The van der Waals surface area contributed by atoms with Gasteiger partial charge in [0.15, 0.2) is 0 Å². The average molecular weight is 246 g/mol. The van der Waals surface area contributed by atoms with Gasteiger partial charge >= 0.3 is 0 Å². The van der Waals surface area contributed by atoms with E-state index in [-0.39, 0.29) is 37.9 Å². The van der Waals surface area contributed by atoms with E-state index in [9.17, 15) is 13.6 Å². The second-order valence-electron chi connectivity index (χ2n) is 5.32. The molecule has 3 nitrogen and oxygen atoms in total. The van der Waals surface area contributed by atoms with Gasteiger partial charge in [0.2, 0.25) is 5.91 Å². The molecule has 0 aliphatic carbocycles. The number of amides is 1. The molecule has 0 unspecified atom stereocenters. The van der Waals surface area contributed by atoms with Gasteiger partial charge < -0.3 is 4.90 Å². The zero-order valence-electron chi connectivity index (χ0n) is 10.5. The van der Waals surface area contributed by atoms with Crippen LogP contribution in [0.1, 0.15) is 33.1 Å². The van der Waals surface area contributed by atoms with Crippen molar-refractivity contribution >= 4 is 5.91 Å². The predicted octanol–water partition coefficient (Wildman–Crippen LogP) is 1.73. The van der Waals surface area contributed by atoms with Crippen LogP contribution in [0, 0.1) is 0 Å². The highest BCUT2D eigenvalue weighted by Gasteiger charge is 2.41. The van der Waals surface area contributed by atoms with Gasteiger partial charge in [0.05, 0.1) is 6.04 Å². The lowest BCUT2D eigenvalue weighted by atomic mass is 9.97. The van der Waals surface area contributed by atoms with Crippen LogP contribution < -0.4 is 0 Å². The number of carbonyl (C=O) groups excluding carboxylic acids is 1. The summed E-state index contributed by atoms with van der Waals surface area (Å²) in [6.07, 6.45) is 0.490. The van der Waals surface area contributed by atoms with Crippen LogP contribution in [-0.2, 0) is 4.79 Å². The molecule has 98 valence electrons. The molecule has 2 fully saturated rings. The Morgan fingerprint density at radius 1 is 1.24 bits per heavy atom. The maximum absolute atomic E-state index is 13.0. The first-order valence-corrected chi connectivity index (χ1v) is 6.33. The second kappa shape index (κ2) is 4.52. The summed E-state index contributed by atoms with van der Waals surface area (Å²) in [5.74, 6) is -2.53. The molecule has 2 aliphatic heterocycles. The molecule has 2 saturated heterocycles. The van der Waals surface area contributed by atoms with Gasteiger partial charge in [-0.3, -0.25) is 9.69 Å². The third kappa shape index (κ3) is 2.59. The zero-order chi connectivity index (χ0) is 12.6. The van der Waals surface area contributed by atoms with Gasteiger partial charge in [-0.25, -0.2) is 8.78 Å². The fourth-order valence-electron chi connectivity index (χ4n) is 2.56. The standard InChI is InChI=1S/C12H20F2N2O/c1-9(2)16-6-3-10(16)11(17)15-7-4-12(13,14)5-8-15/h9-10H,3-8H2,1-2H3/t10-/m0/s1. The van der Waals surface area contributed by atoms with E-state index in [0.717, 1.165) is 13.0 Å². The molecule has 1 atom stereocenters. The average Bonchev–Trinajstić information content (AvgIpc) is 2.14. The normalized spacial score (nSPS) is 29.2. The Morgan fingerprint density at radius 3 is 2.24 bits per heavy atom. The summed E-state index contributed by atoms with van der Waals surface area (Å²) < 4.78 is 26.0. The molecule has 0 aromatic heterocycles. The molecular weight excluding hydrogens is 226 g/mol. The van der Waals surface area contributed by atoms with Crippen LogP contribution >= 0.6 is 0 Å². The molecule has 2 heterocycles. The molecule has 0 aromatic carbocycles. The van der Waals surface area contributed by atoms with E-state index >= 15 is 0 Å². The topological polar surface area (TPSA) is 23.6 Å². The van der Waals surface area contributed by atoms with Crippen LogP contribution in [0.25, 0.3) is 0 Å². The van der Waals surface area contributed by atoms with Crippen molar-refractivity contribution in [1.82, 2.24) is 9.80 Å². The largest absolute Gasteiger partial charge is 0.341 e. The highest BCUT2D eigenvalue weighted by Crippen LogP contribution is 2.30. The fourth-order valence-corrected chi connectivity index (χ4v) is 2.56. The summed E-state index contributed by atoms with van der Waals surface area (Å²) >= 11 is 0. The van der Waals surface area contributed by atoms with Crippen LogP contribution in [-0.4, -0.2) is 53.3 Å². The monoisotopic (exact) mass is 246 g/mol. The van der Waals surface area contributed by atoms with E-state index < -0.39 is 5.92 Å². The first kappa shape index (κ1) is 12.7. The van der Waals surface area contributed by atoms with Crippen molar-refractivity contribution in [2.45, 2.75) is 51.1 Å². The molecule has 2 aliphatic rings. The molecule has 5 heteroatoms. The minimum atomic E-state index is -2.58. The minimum absolute atomic E-state index is 0.0421. The maximum Gasteiger partial charge on any atom is 0.251 e. The van der Waals surface area contributed by atoms with Crippen molar-refractivity contribution in [2.24, 2.45) is 0 Å². The quantitative estimate of drug-likeness (QED) is 0.741. The summed E-state index contributed by atoms with van der Waals surface area (Å²) in [5, 5.41) is 0. The van der Waals surface area contributed by atoms with Crippen molar-refractivity contribution in [3.63, 3.8) is 0 Å². The Balaban J connectivity index is 1.89. The SMILES string of the molecule is CC(C)N1CC[C@H]1C(=O)N1CCC(F)(F)CC1. The maximum atomic E-state index is 13.0. The first-order chi connectivity index (χ1) is 7.91. The smallest absolute Gasteiger partial charge is 0.251 e. The molecule has 2 rings (SSSR count). The second-order valence-corrected chi connectivity index (χ2v) is 5.32. The van der Waals surface area contributed by atoms with Gasteiger partial charge in [0, 0.05) is 38.5 Å². The van der Waals surface area contributed by atoms with E-state index in [2.05, 4.69) is 18.7 Å². The predicted molar refractivity (Wildman–Crippen MR) is 61.0 cm³/mol. The highest BCUT2D eigenvalue weighted by molar-refractivity contribution is 5.83.